The van der Waals surface area contributed by atoms with Crippen molar-refractivity contribution in [3.8, 4) is 0 Å². The molecule has 1 N–H and O–H groups in total. The Labute approximate surface area is 134 Å². The summed E-state index contributed by atoms with van der Waals surface area (Å²) >= 11 is 1.66. The molecule has 2 atom stereocenters. The highest BCUT2D eigenvalue weighted by molar-refractivity contribution is 7.16. The van der Waals surface area contributed by atoms with E-state index in [1.54, 1.807) is 11.3 Å². The average molecular weight is 315 g/mol. The molecule has 2 aliphatic rings. The molecular formula is C17H21N3OS. The van der Waals surface area contributed by atoms with Crippen molar-refractivity contribution in [2.24, 2.45) is 5.41 Å². The van der Waals surface area contributed by atoms with Crippen LogP contribution in [0.4, 0.5) is 0 Å². The van der Waals surface area contributed by atoms with E-state index in [4.69, 9.17) is 0 Å². The Balaban J connectivity index is 1.58. The lowest BCUT2D eigenvalue weighted by atomic mass is 9.99. The van der Waals surface area contributed by atoms with E-state index in [0.29, 0.717) is 5.91 Å². The van der Waals surface area contributed by atoms with Crippen LogP contribution in [0.1, 0.15) is 38.3 Å². The van der Waals surface area contributed by atoms with E-state index in [2.05, 4.69) is 47.2 Å². The second-order valence-electron chi connectivity index (χ2n) is 6.91. The van der Waals surface area contributed by atoms with Gasteiger partial charge in [0.2, 0.25) is 5.91 Å². The zero-order valence-corrected chi connectivity index (χ0v) is 13.8. The van der Waals surface area contributed by atoms with Gasteiger partial charge in [0.1, 0.15) is 0 Å². The molecule has 2 heterocycles. The van der Waals surface area contributed by atoms with Crippen molar-refractivity contribution in [3.63, 3.8) is 0 Å². The van der Waals surface area contributed by atoms with Gasteiger partial charge in [-0.1, -0.05) is 13.0 Å². The summed E-state index contributed by atoms with van der Waals surface area (Å²) in [6.45, 7) is 5.84. The van der Waals surface area contributed by atoms with Gasteiger partial charge in [0.05, 0.1) is 21.8 Å². The third-order valence-corrected chi connectivity index (χ3v) is 5.91. The predicted molar refractivity (Wildman–Crippen MR) is 88.9 cm³/mol. The number of fused-ring (bicyclic) bond motifs is 1. The van der Waals surface area contributed by atoms with E-state index in [9.17, 15) is 4.79 Å². The standard InChI is InChI=1S/C17H21N3OS/c1-11-8-18-14(9-20(11)16(21)17(2)5-6-17)12-3-4-15-13(7-12)19-10-22-15/h3-4,7,10-11,14,18H,5-6,8-9H2,1-2H3. The maximum Gasteiger partial charge on any atom is 0.228 e. The minimum atomic E-state index is -0.0883. The number of amides is 1. The van der Waals surface area contributed by atoms with Gasteiger partial charge < -0.3 is 10.2 Å². The van der Waals surface area contributed by atoms with Crippen molar-refractivity contribution >= 4 is 27.5 Å². The summed E-state index contributed by atoms with van der Waals surface area (Å²) in [7, 11) is 0. The fraction of sp³-hybridized carbons (Fsp3) is 0.529. The quantitative estimate of drug-likeness (QED) is 0.927. The van der Waals surface area contributed by atoms with Crippen LogP contribution in [0, 0.1) is 5.41 Å². The van der Waals surface area contributed by atoms with Crippen LogP contribution >= 0.6 is 11.3 Å². The van der Waals surface area contributed by atoms with E-state index in [1.807, 2.05) is 5.51 Å². The third-order valence-electron chi connectivity index (χ3n) is 5.10. The molecule has 2 fully saturated rings. The monoisotopic (exact) mass is 315 g/mol. The third kappa shape index (κ3) is 2.32. The van der Waals surface area contributed by atoms with Gasteiger partial charge in [0.25, 0.3) is 0 Å². The molecule has 1 aliphatic heterocycles. The molecule has 2 unspecified atom stereocenters. The molecule has 22 heavy (non-hydrogen) atoms. The summed E-state index contributed by atoms with van der Waals surface area (Å²) in [5.41, 5.74) is 4.07. The summed E-state index contributed by atoms with van der Waals surface area (Å²) in [4.78, 5) is 19.2. The molecule has 5 heteroatoms. The zero-order chi connectivity index (χ0) is 15.3. The van der Waals surface area contributed by atoms with E-state index < -0.39 is 0 Å². The molecule has 1 amide bonds. The molecule has 1 saturated carbocycles. The number of thiazole rings is 1. The lowest BCUT2D eigenvalue weighted by Gasteiger charge is -2.40. The van der Waals surface area contributed by atoms with Crippen LogP contribution in [0.15, 0.2) is 23.7 Å². The van der Waals surface area contributed by atoms with Crippen LogP contribution in [0.5, 0.6) is 0 Å². The number of rotatable bonds is 2. The van der Waals surface area contributed by atoms with Crippen molar-refractivity contribution in [1.82, 2.24) is 15.2 Å². The first-order valence-corrected chi connectivity index (χ1v) is 8.82. The van der Waals surface area contributed by atoms with Gasteiger partial charge in [0.15, 0.2) is 0 Å². The molecule has 1 aromatic carbocycles. The van der Waals surface area contributed by atoms with Crippen molar-refractivity contribution in [1.29, 1.82) is 0 Å². The molecule has 0 spiro atoms. The van der Waals surface area contributed by atoms with Crippen LogP contribution in [-0.4, -0.2) is 34.9 Å². The molecule has 116 valence electrons. The Morgan fingerprint density at radius 3 is 3.05 bits per heavy atom. The topological polar surface area (TPSA) is 45.2 Å². The highest BCUT2D eigenvalue weighted by Crippen LogP contribution is 2.47. The summed E-state index contributed by atoms with van der Waals surface area (Å²) in [5, 5.41) is 3.58. The Kier molecular flexibility index (Phi) is 3.24. The lowest BCUT2D eigenvalue weighted by Crippen LogP contribution is -2.55. The number of benzene rings is 1. The van der Waals surface area contributed by atoms with Crippen LogP contribution in [0.25, 0.3) is 10.2 Å². The molecule has 4 nitrogen and oxygen atoms in total. The van der Waals surface area contributed by atoms with E-state index >= 15 is 0 Å². The minimum Gasteiger partial charge on any atom is -0.336 e. The number of hydrogen-bond acceptors (Lipinski definition) is 4. The summed E-state index contributed by atoms with van der Waals surface area (Å²) in [6, 6.07) is 6.92. The summed E-state index contributed by atoms with van der Waals surface area (Å²) < 4.78 is 1.21. The first-order chi connectivity index (χ1) is 10.6. The number of nitrogens with zero attached hydrogens (tertiary/aromatic N) is 2. The van der Waals surface area contributed by atoms with Gasteiger partial charge in [-0.3, -0.25) is 4.79 Å². The van der Waals surface area contributed by atoms with Crippen molar-refractivity contribution in [2.75, 3.05) is 13.1 Å². The van der Waals surface area contributed by atoms with Crippen molar-refractivity contribution < 1.29 is 4.79 Å². The lowest BCUT2D eigenvalue weighted by molar-refractivity contribution is -0.140. The summed E-state index contributed by atoms with van der Waals surface area (Å²) in [5.74, 6) is 0.334. The molecule has 0 bridgehead atoms. The molecule has 1 aliphatic carbocycles. The predicted octanol–water partition coefficient (Wildman–Crippen LogP) is 2.96. The van der Waals surface area contributed by atoms with E-state index in [1.165, 1.54) is 10.3 Å². The Morgan fingerprint density at radius 2 is 2.27 bits per heavy atom. The second-order valence-corrected chi connectivity index (χ2v) is 7.79. The largest absolute Gasteiger partial charge is 0.336 e. The molecule has 0 radical (unpaired) electrons. The number of aromatic nitrogens is 1. The molecular weight excluding hydrogens is 294 g/mol. The van der Waals surface area contributed by atoms with Gasteiger partial charge in [0, 0.05) is 24.5 Å². The second kappa shape index (κ2) is 5.03. The summed E-state index contributed by atoms with van der Waals surface area (Å²) in [6.07, 6.45) is 2.08. The SMILES string of the molecule is CC1CNC(c2ccc3scnc3c2)CN1C(=O)C1(C)CC1. The fourth-order valence-corrected chi connectivity index (χ4v) is 3.87. The normalized spacial score (nSPS) is 27.1. The number of carbonyl (C=O) groups is 1. The van der Waals surface area contributed by atoms with Crippen molar-refractivity contribution in [2.45, 2.75) is 38.8 Å². The molecule has 1 saturated heterocycles. The first-order valence-electron chi connectivity index (χ1n) is 7.94. The van der Waals surface area contributed by atoms with Crippen molar-refractivity contribution in [3.05, 3.63) is 29.3 Å². The Bertz CT molecular complexity index is 722. The van der Waals surface area contributed by atoms with E-state index in [0.717, 1.165) is 31.4 Å². The molecule has 2 aromatic rings. The Morgan fingerprint density at radius 1 is 1.45 bits per heavy atom. The molecule has 4 rings (SSSR count). The first kappa shape index (κ1) is 14.2. The number of piperazine rings is 1. The Hall–Kier alpha value is -1.46. The average Bonchev–Trinajstić information content (AvgIpc) is 3.11. The number of carbonyl (C=O) groups excluding carboxylic acids is 1. The number of hydrogen-bond donors (Lipinski definition) is 1. The maximum atomic E-state index is 12.7. The van der Waals surface area contributed by atoms with Gasteiger partial charge in [-0.15, -0.1) is 11.3 Å². The fourth-order valence-electron chi connectivity index (χ4n) is 3.21. The maximum absolute atomic E-state index is 12.7. The highest BCUT2D eigenvalue weighted by atomic mass is 32.1. The zero-order valence-electron chi connectivity index (χ0n) is 13.0. The van der Waals surface area contributed by atoms with Crippen LogP contribution in [0.2, 0.25) is 0 Å². The van der Waals surface area contributed by atoms with Crippen LogP contribution in [-0.2, 0) is 4.79 Å². The van der Waals surface area contributed by atoms with Gasteiger partial charge >= 0.3 is 0 Å². The minimum absolute atomic E-state index is 0.0883. The molecule has 1 aromatic heterocycles. The van der Waals surface area contributed by atoms with Gasteiger partial charge in [-0.2, -0.15) is 0 Å². The van der Waals surface area contributed by atoms with Crippen LogP contribution in [0.3, 0.4) is 0 Å². The van der Waals surface area contributed by atoms with Gasteiger partial charge in [-0.05, 0) is 37.5 Å². The van der Waals surface area contributed by atoms with Crippen LogP contribution < -0.4 is 5.32 Å². The number of nitrogens with one attached hydrogen (secondary N) is 1. The smallest absolute Gasteiger partial charge is 0.228 e. The highest BCUT2D eigenvalue weighted by Gasteiger charge is 2.48. The van der Waals surface area contributed by atoms with Gasteiger partial charge in [-0.25, -0.2) is 4.98 Å². The van der Waals surface area contributed by atoms with E-state index in [-0.39, 0.29) is 17.5 Å².